The Morgan fingerprint density at radius 2 is 1.90 bits per heavy atom. The smallest absolute Gasteiger partial charge is 0.271 e. The molecule has 0 bridgehead atoms. The number of carbonyl (C=O) groups excluding carboxylic acids is 1. The third-order valence-electron chi connectivity index (χ3n) is 2.75. The number of nitrogens with one attached hydrogen (secondary N) is 1. The Bertz CT molecular complexity index is 646. The first-order valence-electron chi connectivity index (χ1n) is 6.33. The van der Waals surface area contributed by atoms with Crippen molar-refractivity contribution in [3.63, 3.8) is 0 Å². The molecule has 0 saturated heterocycles. The quantitative estimate of drug-likeness (QED) is 0.519. The summed E-state index contributed by atoms with van der Waals surface area (Å²) in [5, 5.41) is 13.1. The number of rotatable bonds is 5. The summed E-state index contributed by atoms with van der Waals surface area (Å²) in [6.45, 7) is 1.80. The molecule has 2 aromatic rings. The van der Waals surface area contributed by atoms with E-state index in [4.69, 9.17) is 0 Å². The highest BCUT2D eigenvalue weighted by Gasteiger charge is 2.15. The zero-order chi connectivity index (χ0) is 15.2. The second-order valence-corrected chi connectivity index (χ2v) is 5.78. The molecule has 0 aliphatic carbocycles. The normalized spacial score (nSPS) is 11.7. The van der Waals surface area contributed by atoms with Gasteiger partial charge in [0, 0.05) is 22.7 Å². The first kappa shape index (κ1) is 15.1. The van der Waals surface area contributed by atoms with Crippen LogP contribution in [0.3, 0.4) is 0 Å². The Labute approximate surface area is 126 Å². The maximum Gasteiger partial charge on any atom is 0.271 e. The SMILES string of the molecule is CC(Sc1ccccc1)C(=O)Nc1cccc([N+](=O)[O-])c1. The highest BCUT2D eigenvalue weighted by atomic mass is 32.2. The summed E-state index contributed by atoms with van der Waals surface area (Å²) in [5.41, 5.74) is 0.380. The molecular weight excluding hydrogens is 288 g/mol. The summed E-state index contributed by atoms with van der Waals surface area (Å²) in [5.74, 6) is -0.190. The van der Waals surface area contributed by atoms with Gasteiger partial charge in [-0.25, -0.2) is 0 Å². The standard InChI is InChI=1S/C15H14N2O3S/c1-11(21-14-8-3-2-4-9-14)15(18)16-12-6-5-7-13(10-12)17(19)20/h2-11H,1H3,(H,16,18). The average molecular weight is 302 g/mol. The fourth-order valence-electron chi connectivity index (χ4n) is 1.70. The molecule has 108 valence electrons. The van der Waals surface area contributed by atoms with Crippen molar-refractivity contribution >= 4 is 29.0 Å². The van der Waals surface area contributed by atoms with Crippen molar-refractivity contribution in [3.8, 4) is 0 Å². The van der Waals surface area contributed by atoms with Crippen LogP contribution in [0.25, 0.3) is 0 Å². The van der Waals surface area contributed by atoms with Crippen LogP contribution in [0.15, 0.2) is 59.5 Å². The van der Waals surface area contributed by atoms with Crippen LogP contribution in [0.2, 0.25) is 0 Å². The number of nitrogens with zero attached hydrogens (tertiary/aromatic N) is 1. The van der Waals surface area contributed by atoms with Crippen molar-refractivity contribution in [2.45, 2.75) is 17.1 Å². The second kappa shape index (κ2) is 6.90. The van der Waals surface area contributed by atoms with E-state index in [1.165, 1.54) is 23.9 Å². The molecule has 2 aromatic carbocycles. The molecule has 0 aromatic heterocycles. The van der Waals surface area contributed by atoms with Crippen LogP contribution in [-0.4, -0.2) is 16.1 Å². The lowest BCUT2D eigenvalue weighted by Crippen LogP contribution is -2.22. The van der Waals surface area contributed by atoms with Gasteiger partial charge in [0.2, 0.25) is 5.91 Å². The van der Waals surface area contributed by atoms with Crippen LogP contribution < -0.4 is 5.32 Å². The van der Waals surface area contributed by atoms with E-state index in [1.54, 1.807) is 19.1 Å². The minimum atomic E-state index is -0.488. The van der Waals surface area contributed by atoms with E-state index in [-0.39, 0.29) is 16.8 Å². The van der Waals surface area contributed by atoms with Gasteiger partial charge in [-0.3, -0.25) is 14.9 Å². The van der Waals surface area contributed by atoms with E-state index >= 15 is 0 Å². The van der Waals surface area contributed by atoms with Crippen LogP contribution in [-0.2, 0) is 4.79 Å². The van der Waals surface area contributed by atoms with Crippen LogP contribution in [0.1, 0.15) is 6.92 Å². The minimum Gasteiger partial charge on any atom is -0.325 e. The molecule has 1 atom stereocenters. The van der Waals surface area contributed by atoms with E-state index in [9.17, 15) is 14.9 Å². The van der Waals surface area contributed by atoms with Crippen LogP contribution in [0.5, 0.6) is 0 Å². The zero-order valence-corrected chi connectivity index (χ0v) is 12.2. The molecule has 1 amide bonds. The lowest BCUT2D eigenvalue weighted by molar-refractivity contribution is -0.384. The molecule has 1 unspecified atom stereocenters. The number of non-ortho nitro benzene ring substituents is 1. The Morgan fingerprint density at radius 3 is 2.57 bits per heavy atom. The fraction of sp³-hybridized carbons (Fsp3) is 0.133. The van der Waals surface area contributed by atoms with Crippen LogP contribution in [0.4, 0.5) is 11.4 Å². The van der Waals surface area contributed by atoms with E-state index in [0.29, 0.717) is 5.69 Å². The monoisotopic (exact) mass is 302 g/mol. The molecule has 5 nitrogen and oxygen atoms in total. The lowest BCUT2D eigenvalue weighted by atomic mass is 10.2. The third-order valence-corrected chi connectivity index (χ3v) is 3.86. The summed E-state index contributed by atoms with van der Waals surface area (Å²) >= 11 is 1.44. The molecule has 2 rings (SSSR count). The fourth-order valence-corrected chi connectivity index (χ4v) is 2.59. The zero-order valence-electron chi connectivity index (χ0n) is 11.4. The Hall–Kier alpha value is -2.34. The molecule has 0 radical (unpaired) electrons. The molecule has 0 saturated carbocycles. The first-order chi connectivity index (χ1) is 10.1. The predicted molar refractivity (Wildman–Crippen MR) is 83.5 cm³/mol. The van der Waals surface area contributed by atoms with Gasteiger partial charge in [-0.1, -0.05) is 24.3 Å². The molecule has 1 N–H and O–H groups in total. The van der Waals surface area contributed by atoms with Crippen molar-refractivity contribution in [1.29, 1.82) is 0 Å². The van der Waals surface area contributed by atoms with Gasteiger partial charge in [0.05, 0.1) is 10.2 Å². The number of hydrogen-bond acceptors (Lipinski definition) is 4. The van der Waals surface area contributed by atoms with E-state index in [2.05, 4.69) is 5.32 Å². The molecular formula is C15H14N2O3S. The number of hydrogen-bond donors (Lipinski definition) is 1. The van der Waals surface area contributed by atoms with Gasteiger partial charge in [0.15, 0.2) is 0 Å². The van der Waals surface area contributed by atoms with E-state index < -0.39 is 4.92 Å². The van der Waals surface area contributed by atoms with Crippen molar-refractivity contribution < 1.29 is 9.72 Å². The average Bonchev–Trinajstić information content (AvgIpc) is 2.48. The van der Waals surface area contributed by atoms with Gasteiger partial charge < -0.3 is 5.32 Å². The Kier molecular flexibility index (Phi) is 4.94. The summed E-state index contributed by atoms with van der Waals surface area (Å²) < 4.78 is 0. The van der Waals surface area contributed by atoms with Crippen molar-refractivity contribution in [2.75, 3.05) is 5.32 Å². The number of benzene rings is 2. The maximum atomic E-state index is 12.1. The summed E-state index contributed by atoms with van der Waals surface area (Å²) in [6, 6.07) is 15.5. The topological polar surface area (TPSA) is 72.2 Å². The van der Waals surface area contributed by atoms with Gasteiger partial charge in [-0.15, -0.1) is 11.8 Å². The van der Waals surface area contributed by atoms with Crippen molar-refractivity contribution in [1.82, 2.24) is 0 Å². The predicted octanol–water partition coefficient (Wildman–Crippen LogP) is 3.71. The number of nitro benzene ring substituents is 1. The second-order valence-electron chi connectivity index (χ2n) is 4.37. The van der Waals surface area contributed by atoms with Gasteiger partial charge in [-0.05, 0) is 25.1 Å². The van der Waals surface area contributed by atoms with Crippen LogP contribution in [0, 0.1) is 10.1 Å². The molecule has 0 aliphatic rings. The molecule has 0 heterocycles. The Balaban J connectivity index is 2.00. The van der Waals surface area contributed by atoms with E-state index in [0.717, 1.165) is 4.90 Å². The number of carbonyl (C=O) groups is 1. The summed E-state index contributed by atoms with van der Waals surface area (Å²) in [7, 11) is 0. The van der Waals surface area contributed by atoms with Crippen LogP contribution >= 0.6 is 11.8 Å². The Morgan fingerprint density at radius 1 is 1.19 bits per heavy atom. The van der Waals surface area contributed by atoms with Gasteiger partial charge >= 0.3 is 0 Å². The maximum absolute atomic E-state index is 12.1. The van der Waals surface area contributed by atoms with Gasteiger partial charge in [0.25, 0.3) is 5.69 Å². The van der Waals surface area contributed by atoms with Crippen molar-refractivity contribution in [3.05, 3.63) is 64.7 Å². The number of amides is 1. The van der Waals surface area contributed by atoms with Gasteiger partial charge in [0.1, 0.15) is 0 Å². The largest absolute Gasteiger partial charge is 0.325 e. The summed E-state index contributed by atoms with van der Waals surface area (Å²) in [4.78, 5) is 23.3. The molecule has 6 heteroatoms. The van der Waals surface area contributed by atoms with Crippen molar-refractivity contribution in [2.24, 2.45) is 0 Å². The number of thioether (sulfide) groups is 1. The van der Waals surface area contributed by atoms with Gasteiger partial charge in [-0.2, -0.15) is 0 Å². The molecule has 0 aliphatic heterocycles. The van der Waals surface area contributed by atoms with E-state index in [1.807, 2.05) is 30.3 Å². The molecule has 0 spiro atoms. The third kappa shape index (κ3) is 4.32. The molecule has 21 heavy (non-hydrogen) atoms. The highest BCUT2D eigenvalue weighted by molar-refractivity contribution is 8.00. The summed E-state index contributed by atoms with van der Waals surface area (Å²) in [6.07, 6.45) is 0. The lowest BCUT2D eigenvalue weighted by Gasteiger charge is -2.11. The number of nitro groups is 1. The first-order valence-corrected chi connectivity index (χ1v) is 7.21. The molecule has 0 fully saturated rings. The highest BCUT2D eigenvalue weighted by Crippen LogP contribution is 2.24. The number of anilines is 1. The minimum absolute atomic E-state index is 0.0452.